The number of hydrogen-bond acceptors (Lipinski definition) is 3. The number of hydrogen-bond donors (Lipinski definition) is 3. The van der Waals surface area contributed by atoms with Gasteiger partial charge in [0, 0.05) is 22.9 Å². The van der Waals surface area contributed by atoms with Gasteiger partial charge in [-0.25, -0.2) is 0 Å². The first kappa shape index (κ1) is 17.6. The molecule has 4 nitrogen and oxygen atoms in total. The van der Waals surface area contributed by atoms with Crippen molar-refractivity contribution in [2.45, 2.75) is 13.1 Å². The Labute approximate surface area is 148 Å². The number of carbonyl (C=O) groups is 1. The summed E-state index contributed by atoms with van der Waals surface area (Å²) in [4.78, 5) is 12.4. The highest BCUT2D eigenvalue weighted by atomic mass is 19.4. The van der Waals surface area contributed by atoms with E-state index in [1.165, 1.54) is 24.3 Å². The van der Waals surface area contributed by atoms with Gasteiger partial charge in [0.2, 0.25) is 0 Å². The molecule has 1 heterocycles. The molecule has 0 spiro atoms. The molecule has 3 N–H and O–H groups in total. The number of halogens is 3. The van der Waals surface area contributed by atoms with Gasteiger partial charge < -0.3 is 16.2 Å². The minimum atomic E-state index is -4.36. The summed E-state index contributed by atoms with van der Waals surface area (Å²) in [6.07, 6.45) is -1.33. The number of fused-ring (bicyclic) bond motifs is 1. The molecule has 2 aromatic carbocycles. The Morgan fingerprint density at radius 1 is 1.08 bits per heavy atom. The van der Waals surface area contributed by atoms with E-state index in [0.29, 0.717) is 16.8 Å². The molecule has 3 rings (SSSR count). The van der Waals surface area contributed by atoms with Gasteiger partial charge in [0.1, 0.15) is 0 Å². The zero-order valence-electron chi connectivity index (χ0n) is 13.8. The Hall–Kier alpha value is -3.22. The van der Waals surface area contributed by atoms with Crippen LogP contribution in [0.4, 0.5) is 24.5 Å². The fourth-order valence-electron chi connectivity index (χ4n) is 2.49. The Morgan fingerprint density at radius 3 is 2.50 bits per heavy atom. The molecule has 0 saturated heterocycles. The highest BCUT2D eigenvalue weighted by Crippen LogP contribution is 2.29. The van der Waals surface area contributed by atoms with Gasteiger partial charge in [-0.3, -0.25) is 4.79 Å². The van der Waals surface area contributed by atoms with E-state index in [1.54, 1.807) is 6.07 Å². The summed E-state index contributed by atoms with van der Waals surface area (Å²) in [6.45, 7) is 1.89. The first-order valence-electron chi connectivity index (χ1n) is 7.82. The first-order chi connectivity index (χ1) is 12.3. The Balaban J connectivity index is 1.77. The number of carbonyl (C=O) groups excluding carboxylic acids is 1. The SMILES string of the molecule is CC1=Cc2c(cccc2NC(=O)c2ccc(/C=C/C(F)(F)F)cc2)NN1. The van der Waals surface area contributed by atoms with Crippen molar-refractivity contribution in [3.63, 3.8) is 0 Å². The average molecular weight is 359 g/mol. The number of benzene rings is 2. The minimum Gasteiger partial charge on any atom is -0.321 e. The maximum absolute atomic E-state index is 12.4. The largest absolute Gasteiger partial charge is 0.409 e. The zero-order chi connectivity index (χ0) is 18.7. The number of amides is 1. The molecule has 0 fully saturated rings. The van der Waals surface area contributed by atoms with Crippen LogP contribution in [0, 0.1) is 0 Å². The number of hydrazine groups is 1. The van der Waals surface area contributed by atoms with Crippen LogP contribution in [0.5, 0.6) is 0 Å². The smallest absolute Gasteiger partial charge is 0.321 e. The lowest BCUT2D eigenvalue weighted by atomic mass is 10.1. The van der Waals surface area contributed by atoms with Crippen molar-refractivity contribution in [1.82, 2.24) is 5.43 Å². The van der Waals surface area contributed by atoms with Crippen LogP contribution >= 0.6 is 0 Å². The van der Waals surface area contributed by atoms with Gasteiger partial charge in [0.05, 0.1) is 11.4 Å². The van der Waals surface area contributed by atoms with Crippen molar-refractivity contribution in [3.05, 3.63) is 70.9 Å². The predicted octanol–water partition coefficient (Wildman–Crippen LogP) is 4.81. The van der Waals surface area contributed by atoms with Crippen LogP contribution in [0.15, 0.2) is 54.2 Å². The molecule has 134 valence electrons. The summed E-state index contributed by atoms with van der Waals surface area (Å²) in [7, 11) is 0. The van der Waals surface area contributed by atoms with Crippen molar-refractivity contribution < 1.29 is 18.0 Å². The van der Waals surface area contributed by atoms with Gasteiger partial charge in [-0.1, -0.05) is 24.3 Å². The summed E-state index contributed by atoms with van der Waals surface area (Å²) < 4.78 is 36.6. The van der Waals surface area contributed by atoms with Crippen LogP contribution in [0.2, 0.25) is 0 Å². The van der Waals surface area contributed by atoms with E-state index < -0.39 is 6.18 Å². The summed E-state index contributed by atoms with van der Waals surface area (Å²) in [6, 6.07) is 11.4. The second kappa shape index (κ2) is 6.95. The number of alkyl halides is 3. The highest BCUT2D eigenvalue weighted by Gasteiger charge is 2.21. The Kier molecular flexibility index (Phi) is 4.71. The van der Waals surface area contributed by atoms with Gasteiger partial charge in [0.15, 0.2) is 0 Å². The number of rotatable bonds is 3. The third kappa shape index (κ3) is 4.24. The summed E-state index contributed by atoms with van der Waals surface area (Å²) >= 11 is 0. The summed E-state index contributed by atoms with van der Waals surface area (Å²) in [5, 5.41) is 2.83. The maximum Gasteiger partial charge on any atom is 0.409 e. The fraction of sp³-hybridized carbons (Fsp3) is 0.105. The molecule has 0 aromatic heterocycles. The van der Waals surface area contributed by atoms with Crippen molar-refractivity contribution in [2.75, 3.05) is 10.7 Å². The fourth-order valence-corrected chi connectivity index (χ4v) is 2.49. The van der Waals surface area contributed by atoms with E-state index in [-0.39, 0.29) is 12.0 Å². The average Bonchev–Trinajstić information content (AvgIpc) is 2.60. The molecule has 26 heavy (non-hydrogen) atoms. The molecule has 0 saturated carbocycles. The lowest BCUT2D eigenvalue weighted by molar-refractivity contribution is -0.0790. The molecular formula is C19H16F3N3O. The standard InChI is InChI=1S/C19H16F3N3O/c1-12-11-15-16(3-2-4-17(15)25-24-12)23-18(26)14-7-5-13(6-8-14)9-10-19(20,21)22/h2-11,24-25H,1H3,(H,23,26)/b10-9+. The summed E-state index contributed by atoms with van der Waals surface area (Å²) in [5.74, 6) is -0.339. The third-order valence-corrected chi connectivity index (χ3v) is 3.75. The second-order valence-electron chi connectivity index (χ2n) is 5.80. The quantitative estimate of drug-likeness (QED) is 0.737. The van der Waals surface area contributed by atoms with Crippen molar-refractivity contribution in [1.29, 1.82) is 0 Å². The molecule has 2 aromatic rings. The number of nitrogens with one attached hydrogen (secondary N) is 3. The van der Waals surface area contributed by atoms with Gasteiger partial charge in [-0.15, -0.1) is 0 Å². The maximum atomic E-state index is 12.4. The van der Waals surface area contributed by atoms with Crippen LogP contribution in [0.3, 0.4) is 0 Å². The van der Waals surface area contributed by atoms with Crippen LogP contribution in [-0.4, -0.2) is 12.1 Å². The molecule has 1 aliphatic rings. The van der Waals surface area contributed by atoms with E-state index >= 15 is 0 Å². The van der Waals surface area contributed by atoms with Crippen molar-refractivity contribution in [2.24, 2.45) is 0 Å². The van der Waals surface area contributed by atoms with E-state index in [2.05, 4.69) is 16.2 Å². The van der Waals surface area contributed by atoms with Crippen LogP contribution in [0.1, 0.15) is 28.4 Å². The van der Waals surface area contributed by atoms with Crippen molar-refractivity contribution in [3.8, 4) is 0 Å². The first-order valence-corrected chi connectivity index (χ1v) is 7.82. The van der Waals surface area contributed by atoms with Gasteiger partial charge in [-0.2, -0.15) is 13.2 Å². The van der Waals surface area contributed by atoms with Gasteiger partial charge >= 0.3 is 6.18 Å². The van der Waals surface area contributed by atoms with Crippen molar-refractivity contribution >= 4 is 29.4 Å². The Bertz CT molecular complexity index is 884. The molecule has 0 aliphatic carbocycles. The zero-order valence-corrected chi connectivity index (χ0v) is 13.8. The van der Waals surface area contributed by atoms with E-state index in [1.807, 2.05) is 25.1 Å². The molecule has 0 unspecified atom stereocenters. The highest BCUT2D eigenvalue weighted by molar-refractivity contribution is 6.06. The predicted molar refractivity (Wildman–Crippen MR) is 96.3 cm³/mol. The molecule has 0 bridgehead atoms. The summed E-state index contributed by atoms with van der Waals surface area (Å²) in [5.41, 5.74) is 9.97. The molecule has 0 atom stereocenters. The molecule has 7 heteroatoms. The monoisotopic (exact) mass is 359 g/mol. The van der Waals surface area contributed by atoms with Gasteiger partial charge in [-0.05, 0) is 42.8 Å². The minimum absolute atomic E-state index is 0.161. The lowest BCUT2D eigenvalue weighted by Gasteiger charge is -2.21. The third-order valence-electron chi connectivity index (χ3n) is 3.75. The number of allylic oxidation sites excluding steroid dienone is 2. The van der Waals surface area contributed by atoms with E-state index in [0.717, 1.165) is 23.0 Å². The van der Waals surface area contributed by atoms with Crippen LogP contribution in [0.25, 0.3) is 12.2 Å². The van der Waals surface area contributed by atoms with Crippen LogP contribution in [-0.2, 0) is 0 Å². The number of anilines is 2. The van der Waals surface area contributed by atoms with E-state index in [4.69, 9.17) is 0 Å². The molecule has 1 aliphatic heterocycles. The molecule has 1 amide bonds. The molecular weight excluding hydrogens is 343 g/mol. The normalized spacial score (nSPS) is 13.5. The van der Waals surface area contributed by atoms with E-state index in [9.17, 15) is 18.0 Å². The molecule has 0 radical (unpaired) electrons. The van der Waals surface area contributed by atoms with Crippen LogP contribution < -0.4 is 16.2 Å². The lowest BCUT2D eigenvalue weighted by Crippen LogP contribution is -2.24. The topological polar surface area (TPSA) is 53.2 Å². The second-order valence-corrected chi connectivity index (χ2v) is 5.80. The Morgan fingerprint density at radius 2 is 1.81 bits per heavy atom. The van der Waals surface area contributed by atoms with Gasteiger partial charge in [0.25, 0.3) is 5.91 Å².